The molecule has 10 nitrogen and oxygen atoms in total. The van der Waals surface area contributed by atoms with Crippen LogP contribution < -0.4 is 15.5 Å². The molecular formula is C22H21F3N6O4. The highest BCUT2D eigenvalue weighted by molar-refractivity contribution is 6.01. The molecule has 3 aromatic rings. The van der Waals surface area contributed by atoms with Crippen LogP contribution in [0.25, 0.3) is 0 Å². The molecule has 3 heterocycles. The third-order valence-corrected chi connectivity index (χ3v) is 5.53. The molecule has 13 heteroatoms. The molecule has 1 aliphatic heterocycles. The highest BCUT2D eigenvalue weighted by atomic mass is 19.4. The smallest absolute Gasteiger partial charge is 0.416 e. The molecular weight excluding hydrogens is 469 g/mol. The number of alkyl halides is 3. The van der Waals surface area contributed by atoms with Crippen LogP contribution in [0.4, 0.5) is 36.4 Å². The number of carboxylic acids is 1. The highest BCUT2D eigenvalue weighted by Crippen LogP contribution is 2.30. The zero-order chi connectivity index (χ0) is 25.2. The lowest BCUT2D eigenvalue weighted by atomic mass is 9.97. The van der Waals surface area contributed by atoms with E-state index in [4.69, 9.17) is 9.52 Å². The summed E-state index contributed by atoms with van der Waals surface area (Å²) in [6.07, 6.45) is -1.90. The van der Waals surface area contributed by atoms with Crippen LogP contribution in [0.15, 0.2) is 40.9 Å². The predicted molar refractivity (Wildman–Crippen MR) is 119 cm³/mol. The first-order valence-corrected chi connectivity index (χ1v) is 10.6. The van der Waals surface area contributed by atoms with E-state index in [0.717, 1.165) is 17.7 Å². The van der Waals surface area contributed by atoms with E-state index >= 15 is 0 Å². The molecule has 0 radical (unpaired) electrons. The summed E-state index contributed by atoms with van der Waals surface area (Å²) in [5, 5.41) is 21.7. The number of nitrogens with one attached hydrogen (secondary N) is 2. The maximum atomic E-state index is 12.7. The number of nitrogens with zero attached hydrogens (tertiary/aromatic N) is 4. The Bertz CT molecular complexity index is 1220. The molecule has 1 aromatic carbocycles. The Hall–Kier alpha value is -4.16. The van der Waals surface area contributed by atoms with E-state index < -0.39 is 23.6 Å². The molecule has 184 valence electrons. The standard InChI is InChI=1S/C22H21F3N6O4/c1-12-10-16(11-26-17(12)31-8-6-13(7-9-31)20(33)34)27-18(32)19-29-30-21(35-19)28-15-4-2-14(3-5-15)22(23,24)25/h2-5,10-11,13H,6-9H2,1H3,(H,27,32)(H,28,30)(H,33,34). The second-order valence-corrected chi connectivity index (χ2v) is 8.03. The van der Waals surface area contributed by atoms with Gasteiger partial charge in [-0.1, -0.05) is 5.10 Å². The molecule has 35 heavy (non-hydrogen) atoms. The van der Waals surface area contributed by atoms with Gasteiger partial charge < -0.3 is 25.1 Å². The van der Waals surface area contributed by atoms with E-state index in [-0.39, 0.29) is 23.5 Å². The lowest BCUT2D eigenvalue weighted by Crippen LogP contribution is -2.37. The van der Waals surface area contributed by atoms with Crippen molar-refractivity contribution in [3.63, 3.8) is 0 Å². The van der Waals surface area contributed by atoms with Crippen LogP contribution in [0, 0.1) is 12.8 Å². The van der Waals surface area contributed by atoms with Crippen LogP contribution in [0.3, 0.4) is 0 Å². The van der Waals surface area contributed by atoms with Crippen LogP contribution in [0.5, 0.6) is 0 Å². The van der Waals surface area contributed by atoms with E-state index in [1.54, 1.807) is 6.07 Å². The number of benzene rings is 1. The average Bonchev–Trinajstić information content (AvgIpc) is 3.28. The van der Waals surface area contributed by atoms with Gasteiger partial charge in [0.25, 0.3) is 0 Å². The summed E-state index contributed by atoms with van der Waals surface area (Å²) in [6.45, 7) is 2.99. The number of aryl methyl sites for hydroxylation is 1. The van der Waals surface area contributed by atoms with Crippen LogP contribution >= 0.6 is 0 Å². The Balaban J connectivity index is 1.36. The number of hydrogen-bond acceptors (Lipinski definition) is 8. The van der Waals surface area contributed by atoms with Crippen molar-refractivity contribution in [1.82, 2.24) is 15.2 Å². The number of hydrogen-bond donors (Lipinski definition) is 3. The highest BCUT2D eigenvalue weighted by Gasteiger charge is 2.30. The van der Waals surface area contributed by atoms with Crippen LogP contribution in [-0.2, 0) is 11.0 Å². The molecule has 4 rings (SSSR count). The zero-order valence-electron chi connectivity index (χ0n) is 18.5. The van der Waals surface area contributed by atoms with Crippen LogP contribution in [0.1, 0.15) is 34.7 Å². The van der Waals surface area contributed by atoms with Crippen LogP contribution in [0.2, 0.25) is 0 Å². The third-order valence-electron chi connectivity index (χ3n) is 5.53. The maximum absolute atomic E-state index is 12.7. The molecule has 0 spiro atoms. The Morgan fingerprint density at radius 3 is 2.40 bits per heavy atom. The lowest BCUT2D eigenvalue weighted by Gasteiger charge is -2.32. The van der Waals surface area contributed by atoms with Gasteiger partial charge in [-0.05, 0) is 55.7 Å². The second-order valence-electron chi connectivity index (χ2n) is 8.03. The number of rotatable bonds is 6. The molecule has 1 saturated heterocycles. The van der Waals surface area contributed by atoms with Crippen molar-refractivity contribution < 1.29 is 32.3 Å². The summed E-state index contributed by atoms with van der Waals surface area (Å²) >= 11 is 0. The van der Waals surface area contributed by atoms with E-state index in [1.807, 2.05) is 11.8 Å². The summed E-state index contributed by atoms with van der Waals surface area (Å²) in [4.78, 5) is 30.0. The van der Waals surface area contributed by atoms with Gasteiger partial charge in [-0.3, -0.25) is 9.59 Å². The fourth-order valence-electron chi connectivity index (χ4n) is 3.72. The minimum absolute atomic E-state index is 0.163. The van der Waals surface area contributed by atoms with E-state index in [9.17, 15) is 22.8 Å². The third kappa shape index (κ3) is 5.67. The summed E-state index contributed by atoms with van der Waals surface area (Å²) in [7, 11) is 0. The SMILES string of the molecule is Cc1cc(NC(=O)c2nnc(Nc3ccc(C(F)(F)F)cc3)o2)cnc1N1CCC(C(=O)O)CC1. The molecule has 0 aliphatic carbocycles. The number of aliphatic carboxylic acids is 1. The predicted octanol–water partition coefficient (Wildman–Crippen LogP) is 4.09. The van der Waals surface area contributed by atoms with E-state index in [1.165, 1.54) is 18.3 Å². The van der Waals surface area contributed by atoms with Gasteiger partial charge >= 0.3 is 30.0 Å². The van der Waals surface area contributed by atoms with E-state index in [0.29, 0.717) is 37.4 Å². The largest absolute Gasteiger partial charge is 0.481 e. The lowest BCUT2D eigenvalue weighted by molar-refractivity contribution is -0.142. The number of amides is 1. The maximum Gasteiger partial charge on any atom is 0.416 e. The van der Waals surface area contributed by atoms with Gasteiger partial charge in [0, 0.05) is 18.8 Å². The van der Waals surface area contributed by atoms with Crippen molar-refractivity contribution in [2.45, 2.75) is 25.9 Å². The number of carboxylic acid groups (broad SMARTS) is 1. The van der Waals surface area contributed by atoms with Crippen molar-refractivity contribution in [1.29, 1.82) is 0 Å². The fourth-order valence-corrected chi connectivity index (χ4v) is 3.72. The van der Waals surface area contributed by atoms with Crippen molar-refractivity contribution in [3.8, 4) is 0 Å². The summed E-state index contributed by atoms with van der Waals surface area (Å²) in [5.41, 5.74) is 0.670. The normalized spacial score (nSPS) is 14.6. The molecule has 0 bridgehead atoms. The summed E-state index contributed by atoms with van der Waals surface area (Å²) in [5.74, 6) is -1.46. The summed E-state index contributed by atoms with van der Waals surface area (Å²) in [6, 6.07) is 5.77. The zero-order valence-corrected chi connectivity index (χ0v) is 18.5. The average molecular weight is 490 g/mol. The molecule has 0 atom stereocenters. The van der Waals surface area contributed by atoms with Gasteiger partial charge in [0.2, 0.25) is 0 Å². The first-order chi connectivity index (χ1) is 16.6. The Labute approximate surface area is 197 Å². The van der Waals surface area contributed by atoms with E-state index in [2.05, 4.69) is 25.8 Å². The van der Waals surface area contributed by atoms with Crippen LogP contribution in [-0.4, -0.2) is 45.3 Å². The van der Waals surface area contributed by atoms with Gasteiger partial charge in [0.15, 0.2) is 0 Å². The van der Waals surface area contributed by atoms with Crippen molar-refractivity contribution in [2.75, 3.05) is 28.6 Å². The minimum atomic E-state index is -4.45. The summed E-state index contributed by atoms with van der Waals surface area (Å²) < 4.78 is 43.3. The molecule has 3 N–H and O–H groups in total. The first kappa shape index (κ1) is 24.0. The topological polar surface area (TPSA) is 133 Å². The van der Waals surface area contributed by atoms with Gasteiger partial charge in [-0.15, -0.1) is 5.10 Å². The molecule has 1 amide bonds. The van der Waals surface area contributed by atoms with Crippen molar-refractivity contribution >= 4 is 35.1 Å². The Morgan fingerprint density at radius 1 is 1.11 bits per heavy atom. The molecule has 0 saturated carbocycles. The number of halogens is 3. The number of piperidine rings is 1. The van der Waals surface area contributed by atoms with Gasteiger partial charge in [-0.2, -0.15) is 13.2 Å². The first-order valence-electron chi connectivity index (χ1n) is 10.6. The number of anilines is 4. The minimum Gasteiger partial charge on any atom is -0.481 e. The van der Waals surface area contributed by atoms with Crippen molar-refractivity contribution in [3.05, 3.63) is 53.5 Å². The molecule has 2 aromatic heterocycles. The Kier molecular flexibility index (Phi) is 6.58. The quantitative estimate of drug-likeness (QED) is 0.467. The van der Waals surface area contributed by atoms with Gasteiger partial charge in [0.1, 0.15) is 5.82 Å². The second kappa shape index (κ2) is 9.60. The number of pyridine rings is 1. The number of carbonyl (C=O) groups is 2. The molecule has 0 unspecified atom stereocenters. The van der Waals surface area contributed by atoms with Gasteiger partial charge in [-0.25, -0.2) is 4.98 Å². The number of carbonyl (C=O) groups excluding carboxylic acids is 1. The molecule has 1 aliphatic rings. The number of aromatic nitrogens is 3. The monoisotopic (exact) mass is 490 g/mol. The fraction of sp³-hybridized carbons (Fsp3) is 0.318. The van der Waals surface area contributed by atoms with Crippen molar-refractivity contribution in [2.24, 2.45) is 5.92 Å². The van der Waals surface area contributed by atoms with Gasteiger partial charge in [0.05, 0.1) is 23.4 Å². The molecule has 1 fully saturated rings. The Morgan fingerprint density at radius 2 is 1.80 bits per heavy atom.